The first-order chi connectivity index (χ1) is 13.1. The van der Waals surface area contributed by atoms with Crippen LogP contribution in [0.25, 0.3) is 0 Å². The van der Waals surface area contributed by atoms with Crippen molar-refractivity contribution in [1.29, 1.82) is 0 Å². The van der Waals surface area contributed by atoms with Crippen LogP contribution in [0.2, 0.25) is 0 Å². The molecule has 0 atom stereocenters. The highest BCUT2D eigenvalue weighted by atomic mass is 32.2. The van der Waals surface area contributed by atoms with Crippen molar-refractivity contribution < 1.29 is 37.9 Å². The first-order valence-electron chi connectivity index (χ1n) is 7.56. The van der Waals surface area contributed by atoms with Crippen LogP contribution in [0.15, 0.2) is 71.9 Å². The quantitative estimate of drug-likeness (QED) is 0.474. The number of carboxylic acids is 1. The van der Waals surface area contributed by atoms with Gasteiger partial charge in [-0.3, -0.25) is 11.5 Å². The number of nitrogens with one attached hydrogen (secondary N) is 2. The van der Waals surface area contributed by atoms with Crippen LogP contribution >= 0.6 is 0 Å². The lowest BCUT2D eigenvalue weighted by atomic mass is 10.2. The van der Waals surface area contributed by atoms with E-state index in [1.807, 2.05) is 24.3 Å². The molecule has 0 aliphatic heterocycles. The Morgan fingerprint density at radius 2 is 1.43 bits per heavy atom. The van der Waals surface area contributed by atoms with E-state index in [2.05, 4.69) is 9.97 Å². The zero-order valence-corrected chi connectivity index (χ0v) is 15.2. The molecule has 11 heteroatoms. The number of carbonyl (C=O) groups is 1. The zero-order chi connectivity index (χ0) is 21.2. The monoisotopic (exact) mass is 406 g/mol. The number of aromatic carboxylic acids is 1. The molecule has 0 unspecified atom stereocenters. The average Bonchev–Trinajstić information content (AvgIpc) is 2.63. The largest absolute Gasteiger partial charge is 0.872 e. The number of nitrogen functional groups attached to an aromatic ring is 2. The molecule has 148 valence electrons. The van der Waals surface area contributed by atoms with Gasteiger partial charge in [-0.1, -0.05) is 23.9 Å². The zero-order valence-electron chi connectivity index (χ0n) is 14.4. The van der Waals surface area contributed by atoms with Crippen LogP contribution in [-0.2, 0) is 10.1 Å². The molecule has 0 bridgehead atoms. The maximum atomic E-state index is 10.9. The van der Waals surface area contributed by atoms with Crippen molar-refractivity contribution in [2.24, 2.45) is 0 Å². The Hall–Kier alpha value is -3.70. The summed E-state index contributed by atoms with van der Waals surface area (Å²) in [7, 11) is -4.73. The Bertz CT molecular complexity index is 961. The number of H-pyrrole nitrogens is 2. The Labute approximate surface area is 160 Å². The minimum absolute atomic E-state index is 0.549. The molecule has 2 aromatic heterocycles. The summed E-state index contributed by atoms with van der Waals surface area (Å²) in [6, 6.07) is 13.2. The minimum atomic E-state index is -4.73. The SMILES string of the molecule is Nc1cccc[nH+]1.Nc1cccc[nH+]1.O=C(O)c1cc(S(=O)(=O)[O-])ccc1[O-]. The standard InChI is InChI=1S/C7H6O6S.2C5H6N2/c8-6-2-1-4(14(11,12)13)3-5(6)7(9)10;2*6-5-3-1-2-4-7-5/h1-3,8H,(H,9,10)(H,11,12,13);2*1-4H,(H2,6,7). The van der Waals surface area contributed by atoms with Crippen molar-refractivity contribution in [3.8, 4) is 5.75 Å². The van der Waals surface area contributed by atoms with Gasteiger partial charge in [0.2, 0.25) is 0 Å². The number of nitrogens with two attached hydrogens (primary N) is 2. The number of hydrogen-bond donors (Lipinski definition) is 3. The second-order valence-corrected chi connectivity index (χ2v) is 6.43. The average molecular weight is 406 g/mol. The lowest BCUT2D eigenvalue weighted by Gasteiger charge is -2.13. The van der Waals surface area contributed by atoms with Crippen molar-refractivity contribution in [1.82, 2.24) is 0 Å². The molecular weight excluding hydrogens is 388 g/mol. The fourth-order valence-corrected chi connectivity index (χ4v) is 2.14. The highest BCUT2D eigenvalue weighted by Gasteiger charge is 2.08. The van der Waals surface area contributed by atoms with E-state index >= 15 is 0 Å². The van der Waals surface area contributed by atoms with E-state index in [-0.39, 0.29) is 0 Å². The first-order valence-corrected chi connectivity index (χ1v) is 8.96. The Morgan fingerprint density at radius 3 is 1.71 bits per heavy atom. The highest BCUT2D eigenvalue weighted by Crippen LogP contribution is 2.18. The Kier molecular flexibility index (Phi) is 8.34. The Balaban J connectivity index is 0.000000233. The fraction of sp³-hybridized carbons (Fsp3) is 0. The van der Waals surface area contributed by atoms with E-state index in [0.29, 0.717) is 17.7 Å². The molecular formula is C17H18N4O6S. The summed E-state index contributed by atoms with van der Waals surface area (Å²) in [5.74, 6) is -1.02. The van der Waals surface area contributed by atoms with E-state index in [0.717, 1.165) is 12.1 Å². The number of aromatic nitrogens is 2. The van der Waals surface area contributed by atoms with Gasteiger partial charge in [0, 0.05) is 12.1 Å². The van der Waals surface area contributed by atoms with Crippen molar-refractivity contribution in [2.45, 2.75) is 4.90 Å². The molecule has 10 nitrogen and oxygen atoms in total. The van der Waals surface area contributed by atoms with Crippen LogP contribution in [0.3, 0.4) is 0 Å². The van der Waals surface area contributed by atoms with Gasteiger partial charge in [0.15, 0.2) is 0 Å². The molecule has 7 N–H and O–H groups in total. The van der Waals surface area contributed by atoms with Crippen molar-refractivity contribution in [3.05, 3.63) is 72.6 Å². The number of pyridine rings is 2. The van der Waals surface area contributed by atoms with Crippen molar-refractivity contribution in [2.75, 3.05) is 11.5 Å². The van der Waals surface area contributed by atoms with Gasteiger partial charge in [0.05, 0.1) is 22.9 Å². The summed E-state index contributed by atoms with van der Waals surface area (Å²) in [6.07, 6.45) is 3.57. The van der Waals surface area contributed by atoms with E-state index in [4.69, 9.17) is 16.6 Å². The van der Waals surface area contributed by atoms with E-state index < -0.39 is 32.3 Å². The number of anilines is 2. The molecule has 0 fully saturated rings. The molecule has 0 aliphatic rings. The molecule has 0 spiro atoms. The third-order valence-corrected chi connectivity index (χ3v) is 3.77. The second kappa shape index (κ2) is 10.4. The molecule has 0 aliphatic carbocycles. The molecule has 2 heterocycles. The lowest BCUT2D eigenvalue weighted by molar-refractivity contribution is -0.360. The molecule has 0 radical (unpaired) electrons. The molecule has 0 saturated carbocycles. The summed E-state index contributed by atoms with van der Waals surface area (Å²) in [5.41, 5.74) is 9.87. The predicted octanol–water partition coefficient (Wildman–Crippen LogP) is -0.472. The van der Waals surface area contributed by atoms with Gasteiger partial charge in [0.25, 0.3) is 11.6 Å². The molecule has 0 saturated heterocycles. The van der Waals surface area contributed by atoms with E-state index in [1.165, 1.54) is 0 Å². The minimum Gasteiger partial charge on any atom is -0.872 e. The van der Waals surface area contributed by atoms with Gasteiger partial charge in [-0.25, -0.2) is 23.2 Å². The summed E-state index contributed by atoms with van der Waals surface area (Å²) < 4.78 is 31.4. The Morgan fingerprint density at radius 1 is 0.929 bits per heavy atom. The van der Waals surface area contributed by atoms with E-state index in [1.54, 1.807) is 24.5 Å². The van der Waals surface area contributed by atoms with E-state index in [9.17, 15) is 22.9 Å². The predicted molar refractivity (Wildman–Crippen MR) is 95.6 cm³/mol. The van der Waals surface area contributed by atoms with Gasteiger partial charge in [0.1, 0.15) is 10.1 Å². The maximum Gasteiger partial charge on any atom is 0.335 e. The van der Waals surface area contributed by atoms with Crippen molar-refractivity contribution >= 4 is 27.7 Å². The summed E-state index contributed by atoms with van der Waals surface area (Å²) in [4.78, 5) is 15.3. The summed E-state index contributed by atoms with van der Waals surface area (Å²) in [5, 5.41) is 19.3. The van der Waals surface area contributed by atoms with Crippen LogP contribution in [-0.4, -0.2) is 24.0 Å². The van der Waals surface area contributed by atoms with Gasteiger partial charge in [-0.05, 0) is 24.3 Å². The number of carboxylic acid groups (broad SMARTS) is 1. The summed E-state index contributed by atoms with van der Waals surface area (Å²) in [6.45, 7) is 0. The third kappa shape index (κ3) is 8.12. The number of hydrogen-bond acceptors (Lipinski definition) is 7. The summed E-state index contributed by atoms with van der Waals surface area (Å²) >= 11 is 0. The van der Waals surface area contributed by atoms with Crippen LogP contribution in [0.4, 0.5) is 11.6 Å². The molecule has 3 rings (SSSR count). The molecule has 0 amide bonds. The van der Waals surface area contributed by atoms with Crippen LogP contribution < -0.4 is 26.5 Å². The number of rotatable bonds is 2. The van der Waals surface area contributed by atoms with Gasteiger partial charge >= 0.3 is 5.97 Å². The van der Waals surface area contributed by atoms with Crippen LogP contribution in [0, 0.1) is 0 Å². The number of aromatic amines is 2. The smallest absolute Gasteiger partial charge is 0.335 e. The topological polar surface area (TPSA) is 198 Å². The number of benzene rings is 1. The van der Waals surface area contributed by atoms with Gasteiger partial charge in [-0.15, -0.1) is 0 Å². The van der Waals surface area contributed by atoms with Crippen LogP contribution in [0.5, 0.6) is 5.75 Å². The highest BCUT2D eigenvalue weighted by molar-refractivity contribution is 7.85. The molecule has 3 aromatic rings. The second-order valence-electron chi connectivity index (χ2n) is 5.05. The first kappa shape index (κ1) is 22.3. The molecule has 28 heavy (non-hydrogen) atoms. The van der Waals surface area contributed by atoms with Gasteiger partial charge < -0.3 is 14.8 Å². The maximum absolute atomic E-state index is 10.9. The lowest BCUT2D eigenvalue weighted by Crippen LogP contribution is -2.07. The molecule has 1 aromatic carbocycles. The van der Waals surface area contributed by atoms with Crippen molar-refractivity contribution in [3.63, 3.8) is 0 Å². The van der Waals surface area contributed by atoms with Crippen LogP contribution in [0.1, 0.15) is 10.4 Å². The fourth-order valence-electron chi connectivity index (χ4n) is 1.65. The van der Waals surface area contributed by atoms with Gasteiger partial charge in [-0.2, -0.15) is 0 Å². The third-order valence-electron chi connectivity index (χ3n) is 2.94. The normalized spacial score (nSPS) is 9.89.